The van der Waals surface area contributed by atoms with Crippen LogP contribution in [0.2, 0.25) is 0 Å². The van der Waals surface area contributed by atoms with E-state index >= 15 is 0 Å². The molecule has 0 radical (unpaired) electrons. The molecule has 0 aromatic heterocycles. The zero-order valence-corrected chi connectivity index (χ0v) is 12.0. The maximum absolute atomic E-state index is 12.4. The summed E-state index contributed by atoms with van der Waals surface area (Å²) < 4.78 is 0. The van der Waals surface area contributed by atoms with Crippen molar-refractivity contribution in [2.75, 3.05) is 17.2 Å². The Morgan fingerprint density at radius 2 is 1.65 bits per heavy atom. The van der Waals surface area contributed by atoms with Crippen LogP contribution in [-0.4, -0.2) is 12.5 Å². The molecule has 2 N–H and O–H groups in total. The van der Waals surface area contributed by atoms with E-state index in [1.165, 1.54) is 5.56 Å². The fraction of sp³-hybridized carbons (Fsp3) is 0.235. The van der Waals surface area contributed by atoms with E-state index in [0.717, 1.165) is 11.3 Å². The highest BCUT2D eigenvalue weighted by Gasteiger charge is 2.14. The topological polar surface area (TPSA) is 46.3 Å². The first-order valence-corrected chi connectivity index (χ1v) is 6.81. The molecule has 0 fully saturated rings. The minimum absolute atomic E-state index is 0.0983. The minimum atomic E-state index is 0.0983. The highest BCUT2D eigenvalue weighted by Crippen LogP contribution is 2.17. The molecule has 2 aromatic rings. The molecule has 104 valence electrons. The smallest absolute Gasteiger partial charge is 0.231 e. The van der Waals surface area contributed by atoms with Gasteiger partial charge in [0.25, 0.3) is 0 Å². The van der Waals surface area contributed by atoms with E-state index in [2.05, 4.69) is 0 Å². The van der Waals surface area contributed by atoms with Gasteiger partial charge in [0, 0.05) is 17.9 Å². The van der Waals surface area contributed by atoms with Crippen LogP contribution in [0.15, 0.2) is 48.5 Å². The van der Waals surface area contributed by atoms with Gasteiger partial charge in [0.05, 0.1) is 6.42 Å². The highest BCUT2D eigenvalue weighted by molar-refractivity contribution is 5.94. The number of aryl methyl sites for hydroxylation is 1. The standard InChI is InChI=1S/C17H20N2O/c1-3-19(16-10-4-13(2)5-11-16)17(20)12-14-6-8-15(18)9-7-14/h4-11H,3,12,18H2,1-2H3. The Bertz CT molecular complexity index is 573. The Balaban J connectivity index is 2.13. The van der Waals surface area contributed by atoms with Gasteiger partial charge in [-0.15, -0.1) is 0 Å². The number of amides is 1. The van der Waals surface area contributed by atoms with Gasteiger partial charge in [-0.2, -0.15) is 0 Å². The lowest BCUT2D eigenvalue weighted by atomic mass is 10.1. The van der Waals surface area contributed by atoms with Crippen LogP contribution in [0.3, 0.4) is 0 Å². The van der Waals surface area contributed by atoms with E-state index in [9.17, 15) is 4.79 Å². The maximum atomic E-state index is 12.4. The van der Waals surface area contributed by atoms with Gasteiger partial charge < -0.3 is 10.6 Å². The van der Waals surface area contributed by atoms with Gasteiger partial charge in [0.15, 0.2) is 0 Å². The van der Waals surface area contributed by atoms with Crippen molar-refractivity contribution in [3.8, 4) is 0 Å². The first-order valence-electron chi connectivity index (χ1n) is 6.81. The van der Waals surface area contributed by atoms with Gasteiger partial charge in [-0.1, -0.05) is 29.8 Å². The highest BCUT2D eigenvalue weighted by atomic mass is 16.2. The third kappa shape index (κ3) is 3.38. The van der Waals surface area contributed by atoms with E-state index in [1.807, 2.05) is 62.4 Å². The molecule has 0 unspecified atom stereocenters. The van der Waals surface area contributed by atoms with E-state index in [-0.39, 0.29) is 5.91 Å². The van der Waals surface area contributed by atoms with Crippen molar-refractivity contribution in [3.05, 3.63) is 59.7 Å². The molecule has 0 spiro atoms. The molecule has 0 heterocycles. The number of nitrogens with zero attached hydrogens (tertiary/aromatic N) is 1. The van der Waals surface area contributed by atoms with E-state index in [0.29, 0.717) is 18.7 Å². The van der Waals surface area contributed by atoms with E-state index in [1.54, 1.807) is 4.90 Å². The quantitative estimate of drug-likeness (QED) is 0.866. The van der Waals surface area contributed by atoms with Crippen molar-refractivity contribution in [1.29, 1.82) is 0 Å². The second kappa shape index (κ2) is 6.24. The molecule has 0 atom stereocenters. The number of benzene rings is 2. The van der Waals surface area contributed by atoms with Crippen LogP contribution in [0.1, 0.15) is 18.1 Å². The third-order valence-corrected chi connectivity index (χ3v) is 3.30. The Labute approximate surface area is 120 Å². The fourth-order valence-corrected chi connectivity index (χ4v) is 2.13. The summed E-state index contributed by atoms with van der Waals surface area (Å²) in [6.45, 7) is 4.69. The summed E-state index contributed by atoms with van der Waals surface area (Å²) in [6, 6.07) is 15.5. The molecule has 2 aromatic carbocycles. The van der Waals surface area contributed by atoms with Gasteiger partial charge in [-0.25, -0.2) is 0 Å². The van der Waals surface area contributed by atoms with Gasteiger partial charge in [0.2, 0.25) is 5.91 Å². The van der Waals surface area contributed by atoms with Crippen LogP contribution < -0.4 is 10.6 Å². The summed E-state index contributed by atoms with van der Waals surface area (Å²) in [5.41, 5.74) is 9.48. The average Bonchev–Trinajstić information content (AvgIpc) is 2.44. The van der Waals surface area contributed by atoms with Gasteiger partial charge in [0.1, 0.15) is 0 Å². The number of carbonyl (C=O) groups excluding carboxylic acids is 1. The summed E-state index contributed by atoms with van der Waals surface area (Å²) in [5.74, 6) is 0.0983. The number of likely N-dealkylation sites (N-methyl/N-ethyl adjacent to an activating group) is 1. The van der Waals surface area contributed by atoms with Crippen molar-refractivity contribution < 1.29 is 4.79 Å². The molecule has 0 bridgehead atoms. The van der Waals surface area contributed by atoms with Crippen molar-refractivity contribution in [1.82, 2.24) is 0 Å². The predicted octanol–water partition coefficient (Wildman–Crippen LogP) is 3.17. The molecular formula is C17H20N2O. The summed E-state index contributed by atoms with van der Waals surface area (Å²) in [4.78, 5) is 14.2. The number of nitrogen functional groups attached to an aromatic ring is 1. The molecule has 2 rings (SSSR count). The average molecular weight is 268 g/mol. The van der Waals surface area contributed by atoms with Crippen LogP contribution >= 0.6 is 0 Å². The second-order valence-corrected chi connectivity index (χ2v) is 4.89. The molecular weight excluding hydrogens is 248 g/mol. The Hall–Kier alpha value is -2.29. The molecule has 0 aliphatic carbocycles. The third-order valence-electron chi connectivity index (χ3n) is 3.30. The Morgan fingerprint density at radius 1 is 1.05 bits per heavy atom. The first-order chi connectivity index (χ1) is 9.60. The zero-order chi connectivity index (χ0) is 14.5. The minimum Gasteiger partial charge on any atom is -0.399 e. The Morgan fingerprint density at radius 3 is 2.20 bits per heavy atom. The second-order valence-electron chi connectivity index (χ2n) is 4.89. The molecule has 3 heteroatoms. The first kappa shape index (κ1) is 14.1. The molecule has 0 aliphatic heterocycles. The van der Waals surface area contributed by atoms with Crippen LogP contribution in [0, 0.1) is 6.92 Å². The van der Waals surface area contributed by atoms with Crippen molar-refractivity contribution >= 4 is 17.3 Å². The summed E-state index contributed by atoms with van der Waals surface area (Å²) >= 11 is 0. The number of anilines is 2. The van der Waals surface area contributed by atoms with E-state index in [4.69, 9.17) is 5.73 Å². The summed E-state index contributed by atoms with van der Waals surface area (Å²) in [7, 11) is 0. The lowest BCUT2D eigenvalue weighted by Gasteiger charge is -2.21. The molecule has 0 saturated heterocycles. The molecule has 1 amide bonds. The summed E-state index contributed by atoms with van der Waals surface area (Å²) in [6.07, 6.45) is 0.391. The number of hydrogen-bond donors (Lipinski definition) is 1. The molecule has 20 heavy (non-hydrogen) atoms. The van der Waals surface area contributed by atoms with Gasteiger partial charge in [-0.3, -0.25) is 4.79 Å². The largest absolute Gasteiger partial charge is 0.399 e. The van der Waals surface area contributed by atoms with Gasteiger partial charge in [-0.05, 0) is 43.7 Å². The zero-order valence-electron chi connectivity index (χ0n) is 12.0. The van der Waals surface area contributed by atoms with Crippen LogP contribution in [0.25, 0.3) is 0 Å². The summed E-state index contributed by atoms with van der Waals surface area (Å²) in [5, 5.41) is 0. The van der Waals surface area contributed by atoms with Gasteiger partial charge >= 0.3 is 0 Å². The molecule has 3 nitrogen and oxygen atoms in total. The lowest BCUT2D eigenvalue weighted by Crippen LogP contribution is -2.31. The van der Waals surface area contributed by atoms with Crippen molar-refractivity contribution in [2.45, 2.75) is 20.3 Å². The number of hydrogen-bond acceptors (Lipinski definition) is 2. The normalized spacial score (nSPS) is 10.3. The monoisotopic (exact) mass is 268 g/mol. The van der Waals surface area contributed by atoms with E-state index < -0.39 is 0 Å². The number of carbonyl (C=O) groups is 1. The Kier molecular flexibility index (Phi) is 4.41. The van der Waals surface area contributed by atoms with Crippen LogP contribution in [-0.2, 0) is 11.2 Å². The van der Waals surface area contributed by atoms with Crippen molar-refractivity contribution in [3.63, 3.8) is 0 Å². The molecule has 0 saturated carbocycles. The maximum Gasteiger partial charge on any atom is 0.231 e. The number of nitrogens with two attached hydrogens (primary N) is 1. The SMILES string of the molecule is CCN(C(=O)Cc1ccc(N)cc1)c1ccc(C)cc1. The van der Waals surface area contributed by atoms with Crippen molar-refractivity contribution in [2.24, 2.45) is 0 Å². The number of rotatable bonds is 4. The predicted molar refractivity (Wildman–Crippen MR) is 83.8 cm³/mol. The fourth-order valence-electron chi connectivity index (χ4n) is 2.13. The van der Waals surface area contributed by atoms with Crippen LogP contribution in [0.4, 0.5) is 11.4 Å². The molecule has 0 aliphatic rings. The lowest BCUT2D eigenvalue weighted by molar-refractivity contribution is -0.117. The van der Waals surface area contributed by atoms with Crippen LogP contribution in [0.5, 0.6) is 0 Å².